The number of rotatable bonds is 5. The third kappa shape index (κ3) is 3.03. The van der Waals surface area contributed by atoms with Gasteiger partial charge in [0.05, 0.1) is 6.61 Å². The Morgan fingerprint density at radius 2 is 2.19 bits per heavy atom. The zero-order valence-electron chi connectivity index (χ0n) is 9.68. The number of β-amino-alcohol motifs (C(OH)–C–C–N with tert-alkyl or cyclic N) is 1. The number of likely N-dealkylation sites (tertiary alicyclic amines) is 1. The Bertz CT molecular complexity index is 302. The van der Waals surface area contributed by atoms with Gasteiger partial charge in [0.2, 0.25) is 0 Å². The van der Waals surface area contributed by atoms with Gasteiger partial charge in [-0.15, -0.1) is 0 Å². The topological polar surface area (TPSA) is 36.4 Å². The van der Waals surface area contributed by atoms with E-state index in [9.17, 15) is 0 Å². The van der Waals surface area contributed by atoms with Gasteiger partial charge in [0.15, 0.2) is 0 Å². The van der Waals surface area contributed by atoms with Crippen molar-refractivity contribution in [1.29, 1.82) is 0 Å². The highest BCUT2D eigenvalue weighted by Gasteiger charge is 2.23. The summed E-state index contributed by atoms with van der Waals surface area (Å²) >= 11 is 0. The molecule has 0 aromatic carbocycles. The summed E-state index contributed by atoms with van der Waals surface area (Å²) in [4.78, 5) is 6.44. The monoisotopic (exact) mass is 220 g/mol. The highest BCUT2D eigenvalue weighted by molar-refractivity contribution is 5.10. The Kier molecular flexibility index (Phi) is 4.31. The predicted octanol–water partition coefficient (Wildman–Crippen LogP) is 1.47. The lowest BCUT2D eigenvalue weighted by atomic mass is 10.0. The van der Waals surface area contributed by atoms with Crippen LogP contribution in [0.3, 0.4) is 0 Å². The number of aliphatic hydroxyl groups excluding tert-OH is 1. The minimum absolute atomic E-state index is 0.283. The summed E-state index contributed by atoms with van der Waals surface area (Å²) in [6, 6.07) is 4.84. The maximum atomic E-state index is 8.98. The molecule has 0 saturated carbocycles. The van der Waals surface area contributed by atoms with E-state index in [-0.39, 0.29) is 6.61 Å². The first kappa shape index (κ1) is 11.6. The lowest BCUT2D eigenvalue weighted by molar-refractivity contribution is 0.180. The smallest absolute Gasteiger partial charge is 0.0558 e. The van der Waals surface area contributed by atoms with E-state index in [2.05, 4.69) is 22.0 Å². The average molecular weight is 220 g/mol. The molecule has 2 rings (SSSR count). The Hall–Kier alpha value is -0.930. The molecule has 1 aliphatic heterocycles. The zero-order chi connectivity index (χ0) is 11.2. The van der Waals surface area contributed by atoms with Crippen LogP contribution in [0.1, 0.15) is 24.8 Å². The van der Waals surface area contributed by atoms with Gasteiger partial charge in [0.25, 0.3) is 0 Å². The van der Waals surface area contributed by atoms with Crippen molar-refractivity contribution >= 4 is 0 Å². The van der Waals surface area contributed by atoms with Crippen LogP contribution in [0.15, 0.2) is 24.5 Å². The number of aliphatic hydroxyl groups is 1. The Morgan fingerprint density at radius 3 is 2.94 bits per heavy atom. The Balaban J connectivity index is 1.81. The predicted molar refractivity (Wildman–Crippen MR) is 64.2 cm³/mol. The van der Waals surface area contributed by atoms with E-state index in [1.54, 1.807) is 0 Å². The quantitative estimate of drug-likeness (QED) is 0.816. The molecular weight excluding hydrogens is 200 g/mol. The molecule has 1 saturated heterocycles. The van der Waals surface area contributed by atoms with E-state index in [4.69, 9.17) is 5.11 Å². The molecule has 2 heterocycles. The fourth-order valence-corrected chi connectivity index (χ4v) is 2.53. The third-order valence-electron chi connectivity index (χ3n) is 3.40. The number of pyridine rings is 1. The molecule has 0 spiro atoms. The molecule has 88 valence electrons. The molecule has 1 aromatic heterocycles. The standard InChI is InChI=1S/C13H20N2O/c16-11-10-15-9-1-2-13(15)4-3-12-5-7-14-8-6-12/h5-8,13,16H,1-4,9-11H2/t13-/m1/s1. The summed E-state index contributed by atoms with van der Waals surface area (Å²) in [5.74, 6) is 0. The highest BCUT2D eigenvalue weighted by atomic mass is 16.3. The highest BCUT2D eigenvalue weighted by Crippen LogP contribution is 2.21. The summed E-state index contributed by atoms with van der Waals surface area (Å²) in [5, 5.41) is 8.98. The van der Waals surface area contributed by atoms with Gasteiger partial charge in [-0.25, -0.2) is 0 Å². The summed E-state index contributed by atoms with van der Waals surface area (Å²) in [6.07, 6.45) is 8.59. The summed E-state index contributed by atoms with van der Waals surface area (Å²) in [6.45, 7) is 2.27. The molecular formula is C13H20N2O. The van der Waals surface area contributed by atoms with Crippen LogP contribution in [0.5, 0.6) is 0 Å². The maximum absolute atomic E-state index is 8.98. The largest absolute Gasteiger partial charge is 0.395 e. The zero-order valence-corrected chi connectivity index (χ0v) is 9.68. The number of hydrogen-bond acceptors (Lipinski definition) is 3. The van der Waals surface area contributed by atoms with E-state index in [1.807, 2.05) is 12.4 Å². The molecule has 16 heavy (non-hydrogen) atoms. The van der Waals surface area contributed by atoms with E-state index in [1.165, 1.54) is 24.8 Å². The van der Waals surface area contributed by atoms with Crippen LogP contribution in [-0.4, -0.2) is 40.7 Å². The minimum Gasteiger partial charge on any atom is -0.395 e. The van der Waals surface area contributed by atoms with Gasteiger partial charge in [-0.2, -0.15) is 0 Å². The Morgan fingerprint density at radius 1 is 1.38 bits per heavy atom. The van der Waals surface area contributed by atoms with Gasteiger partial charge in [-0.3, -0.25) is 9.88 Å². The SMILES string of the molecule is OCCN1CCC[C@@H]1CCc1ccncc1. The molecule has 0 bridgehead atoms. The lowest BCUT2D eigenvalue weighted by Crippen LogP contribution is -2.32. The molecule has 1 atom stereocenters. The van der Waals surface area contributed by atoms with E-state index in [0.717, 1.165) is 19.5 Å². The number of hydrogen-bond donors (Lipinski definition) is 1. The van der Waals surface area contributed by atoms with E-state index < -0.39 is 0 Å². The fraction of sp³-hybridized carbons (Fsp3) is 0.615. The van der Waals surface area contributed by atoms with Gasteiger partial charge < -0.3 is 5.11 Å². The summed E-state index contributed by atoms with van der Waals surface area (Å²) < 4.78 is 0. The van der Waals surface area contributed by atoms with Gasteiger partial charge in [-0.05, 0) is 49.9 Å². The van der Waals surface area contributed by atoms with Crippen molar-refractivity contribution in [3.63, 3.8) is 0 Å². The second kappa shape index (κ2) is 5.97. The van der Waals surface area contributed by atoms with E-state index >= 15 is 0 Å². The molecule has 3 nitrogen and oxygen atoms in total. The molecule has 1 aromatic rings. The fourth-order valence-electron chi connectivity index (χ4n) is 2.53. The van der Waals surface area contributed by atoms with Crippen LogP contribution in [-0.2, 0) is 6.42 Å². The second-order valence-corrected chi connectivity index (χ2v) is 4.45. The van der Waals surface area contributed by atoms with Gasteiger partial charge in [0, 0.05) is 25.0 Å². The minimum atomic E-state index is 0.283. The van der Waals surface area contributed by atoms with Crippen LogP contribution < -0.4 is 0 Å². The van der Waals surface area contributed by atoms with Crippen molar-refractivity contribution < 1.29 is 5.11 Å². The van der Waals surface area contributed by atoms with Gasteiger partial charge >= 0.3 is 0 Å². The Labute approximate surface area is 97.1 Å². The molecule has 0 radical (unpaired) electrons. The van der Waals surface area contributed by atoms with Crippen molar-refractivity contribution in [2.24, 2.45) is 0 Å². The molecule has 0 aliphatic carbocycles. The van der Waals surface area contributed by atoms with Crippen LogP contribution in [0.4, 0.5) is 0 Å². The first-order valence-electron chi connectivity index (χ1n) is 6.14. The van der Waals surface area contributed by atoms with Gasteiger partial charge in [-0.1, -0.05) is 0 Å². The van der Waals surface area contributed by atoms with Crippen LogP contribution in [0.2, 0.25) is 0 Å². The van der Waals surface area contributed by atoms with Crippen molar-refractivity contribution in [2.45, 2.75) is 31.7 Å². The van der Waals surface area contributed by atoms with E-state index in [0.29, 0.717) is 6.04 Å². The number of nitrogens with zero attached hydrogens (tertiary/aromatic N) is 2. The normalized spacial score (nSPS) is 21.4. The third-order valence-corrected chi connectivity index (χ3v) is 3.40. The molecule has 3 heteroatoms. The first-order chi connectivity index (χ1) is 7.90. The first-order valence-corrected chi connectivity index (χ1v) is 6.14. The van der Waals surface area contributed by atoms with Crippen LogP contribution in [0, 0.1) is 0 Å². The second-order valence-electron chi connectivity index (χ2n) is 4.45. The maximum Gasteiger partial charge on any atom is 0.0558 e. The molecule has 0 unspecified atom stereocenters. The molecule has 1 fully saturated rings. The molecule has 1 aliphatic rings. The van der Waals surface area contributed by atoms with Crippen LogP contribution in [0.25, 0.3) is 0 Å². The molecule has 0 amide bonds. The van der Waals surface area contributed by atoms with Crippen LogP contribution >= 0.6 is 0 Å². The summed E-state index contributed by atoms with van der Waals surface area (Å²) in [7, 11) is 0. The van der Waals surface area contributed by atoms with Crippen molar-refractivity contribution in [2.75, 3.05) is 19.7 Å². The van der Waals surface area contributed by atoms with Crippen molar-refractivity contribution in [3.8, 4) is 0 Å². The number of aromatic nitrogens is 1. The average Bonchev–Trinajstić information content (AvgIpc) is 2.76. The summed E-state index contributed by atoms with van der Waals surface area (Å²) in [5.41, 5.74) is 1.37. The molecule has 1 N–H and O–H groups in total. The van der Waals surface area contributed by atoms with Crippen molar-refractivity contribution in [3.05, 3.63) is 30.1 Å². The number of aryl methyl sites for hydroxylation is 1. The lowest BCUT2D eigenvalue weighted by Gasteiger charge is -2.23. The van der Waals surface area contributed by atoms with Crippen molar-refractivity contribution in [1.82, 2.24) is 9.88 Å². The van der Waals surface area contributed by atoms with Gasteiger partial charge in [0.1, 0.15) is 0 Å².